The van der Waals surface area contributed by atoms with Crippen LogP contribution in [0.15, 0.2) is 24.3 Å². The first-order valence-electron chi connectivity index (χ1n) is 5.68. The lowest BCUT2D eigenvalue weighted by molar-refractivity contribution is -0.154. The van der Waals surface area contributed by atoms with Gasteiger partial charge >= 0.3 is 5.97 Å². The molecule has 0 aromatic heterocycles. The van der Waals surface area contributed by atoms with Crippen molar-refractivity contribution >= 4 is 28.6 Å². The highest BCUT2D eigenvalue weighted by Gasteiger charge is 2.40. The Bertz CT molecular complexity index is 394. The summed E-state index contributed by atoms with van der Waals surface area (Å²) in [7, 11) is 0. The molecule has 2 rings (SSSR count). The van der Waals surface area contributed by atoms with Crippen LogP contribution >= 0.6 is 22.6 Å². The molecule has 0 bridgehead atoms. The van der Waals surface area contributed by atoms with Gasteiger partial charge in [0.2, 0.25) is 0 Å². The summed E-state index contributed by atoms with van der Waals surface area (Å²) >= 11 is 2.25. The number of benzene rings is 1. The molecule has 0 unspecified atom stereocenters. The van der Waals surface area contributed by atoms with Crippen molar-refractivity contribution in [2.24, 2.45) is 5.41 Å². The fourth-order valence-electron chi connectivity index (χ4n) is 2.22. The summed E-state index contributed by atoms with van der Waals surface area (Å²) in [5.41, 5.74) is 0.458. The van der Waals surface area contributed by atoms with Crippen LogP contribution in [0.5, 0.6) is 0 Å². The molecule has 1 aromatic rings. The van der Waals surface area contributed by atoms with E-state index in [2.05, 4.69) is 22.6 Å². The molecule has 1 saturated heterocycles. The van der Waals surface area contributed by atoms with E-state index in [1.807, 2.05) is 24.3 Å². The lowest BCUT2D eigenvalue weighted by Gasteiger charge is -2.33. The fourth-order valence-corrected chi connectivity index (χ4v) is 2.58. The van der Waals surface area contributed by atoms with E-state index in [4.69, 9.17) is 4.74 Å². The number of hydrogen-bond donors (Lipinski definition) is 1. The molecule has 0 saturated carbocycles. The summed E-state index contributed by atoms with van der Waals surface area (Å²) in [6.07, 6.45) is 1.81. The second kappa shape index (κ2) is 5.35. The van der Waals surface area contributed by atoms with Crippen LogP contribution in [0, 0.1) is 8.99 Å². The van der Waals surface area contributed by atoms with E-state index in [0.29, 0.717) is 32.5 Å². The standard InChI is InChI=1S/C13H15IO3/c14-11-3-1-10(2-4-11)9-13(12(15)16)5-7-17-8-6-13/h1-4H,5-9H2,(H,15,16). The second-order valence-electron chi connectivity index (χ2n) is 4.50. The van der Waals surface area contributed by atoms with Crippen LogP contribution in [0.4, 0.5) is 0 Å². The minimum atomic E-state index is -0.695. The number of hydrogen-bond acceptors (Lipinski definition) is 2. The van der Waals surface area contributed by atoms with Gasteiger partial charge in [0, 0.05) is 16.8 Å². The van der Waals surface area contributed by atoms with Crippen LogP contribution in [0.3, 0.4) is 0 Å². The largest absolute Gasteiger partial charge is 0.481 e. The van der Waals surface area contributed by atoms with Crippen molar-refractivity contribution in [3.05, 3.63) is 33.4 Å². The summed E-state index contributed by atoms with van der Waals surface area (Å²) in [6.45, 7) is 1.10. The Morgan fingerprint density at radius 2 is 1.88 bits per heavy atom. The monoisotopic (exact) mass is 346 g/mol. The zero-order valence-corrected chi connectivity index (χ0v) is 11.6. The molecule has 0 aliphatic carbocycles. The van der Waals surface area contributed by atoms with Crippen molar-refractivity contribution < 1.29 is 14.6 Å². The van der Waals surface area contributed by atoms with Gasteiger partial charge in [-0.15, -0.1) is 0 Å². The van der Waals surface area contributed by atoms with E-state index in [-0.39, 0.29) is 0 Å². The van der Waals surface area contributed by atoms with Crippen LogP contribution in [0.25, 0.3) is 0 Å². The van der Waals surface area contributed by atoms with Gasteiger partial charge in [0.25, 0.3) is 0 Å². The topological polar surface area (TPSA) is 46.5 Å². The number of aliphatic carboxylic acids is 1. The van der Waals surface area contributed by atoms with Gasteiger partial charge in [-0.25, -0.2) is 0 Å². The van der Waals surface area contributed by atoms with Gasteiger partial charge in [0.1, 0.15) is 0 Å². The van der Waals surface area contributed by atoms with Crippen molar-refractivity contribution in [1.29, 1.82) is 0 Å². The van der Waals surface area contributed by atoms with Crippen molar-refractivity contribution in [1.82, 2.24) is 0 Å². The maximum Gasteiger partial charge on any atom is 0.310 e. The molecule has 1 fully saturated rings. The SMILES string of the molecule is O=C(O)C1(Cc2ccc(I)cc2)CCOCC1. The normalized spacial score (nSPS) is 18.9. The van der Waals surface area contributed by atoms with Gasteiger partial charge in [0.05, 0.1) is 5.41 Å². The molecule has 1 aromatic carbocycles. The summed E-state index contributed by atoms with van der Waals surface area (Å²) in [6, 6.07) is 8.07. The summed E-state index contributed by atoms with van der Waals surface area (Å²) < 4.78 is 6.44. The molecule has 0 radical (unpaired) electrons. The van der Waals surface area contributed by atoms with Crippen LogP contribution in [0.1, 0.15) is 18.4 Å². The zero-order chi connectivity index (χ0) is 12.3. The molecule has 1 aliphatic rings. The molecule has 17 heavy (non-hydrogen) atoms. The fraction of sp³-hybridized carbons (Fsp3) is 0.462. The van der Waals surface area contributed by atoms with Gasteiger partial charge in [-0.1, -0.05) is 12.1 Å². The number of carboxylic acids is 1. The lowest BCUT2D eigenvalue weighted by Crippen LogP contribution is -2.39. The maximum atomic E-state index is 11.5. The third-order valence-corrected chi connectivity index (χ3v) is 4.08. The maximum absolute atomic E-state index is 11.5. The molecule has 0 amide bonds. The highest BCUT2D eigenvalue weighted by atomic mass is 127. The third-order valence-electron chi connectivity index (χ3n) is 3.36. The first kappa shape index (κ1) is 12.8. The van der Waals surface area contributed by atoms with E-state index >= 15 is 0 Å². The molecular formula is C13H15IO3. The number of carboxylic acid groups (broad SMARTS) is 1. The van der Waals surface area contributed by atoms with Gasteiger partial charge in [0.15, 0.2) is 0 Å². The van der Waals surface area contributed by atoms with Gasteiger partial charge < -0.3 is 9.84 Å². The Labute approximate surface area is 114 Å². The van der Waals surface area contributed by atoms with E-state index in [1.54, 1.807) is 0 Å². The van der Waals surface area contributed by atoms with E-state index in [0.717, 1.165) is 5.56 Å². The minimum Gasteiger partial charge on any atom is -0.481 e. The van der Waals surface area contributed by atoms with E-state index in [1.165, 1.54) is 3.57 Å². The quantitative estimate of drug-likeness (QED) is 0.857. The zero-order valence-electron chi connectivity index (χ0n) is 9.49. The van der Waals surface area contributed by atoms with E-state index < -0.39 is 11.4 Å². The molecule has 1 aliphatic heterocycles. The summed E-state index contributed by atoms with van der Waals surface area (Å²) in [5.74, 6) is -0.695. The van der Waals surface area contributed by atoms with E-state index in [9.17, 15) is 9.90 Å². The minimum absolute atomic E-state index is 0.552. The van der Waals surface area contributed by atoms with Gasteiger partial charge in [-0.3, -0.25) is 4.79 Å². The highest BCUT2D eigenvalue weighted by molar-refractivity contribution is 14.1. The van der Waals surface area contributed by atoms with Crippen molar-refractivity contribution in [2.75, 3.05) is 13.2 Å². The number of carbonyl (C=O) groups is 1. The van der Waals surface area contributed by atoms with Crippen LogP contribution in [-0.4, -0.2) is 24.3 Å². The number of rotatable bonds is 3. The second-order valence-corrected chi connectivity index (χ2v) is 5.75. The molecule has 92 valence electrons. The predicted molar refractivity (Wildman–Crippen MR) is 73.0 cm³/mol. The highest BCUT2D eigenvalue weighted by Crippen LogP contribution is 2.34. The molecular weight excluding hydrogens is 331 g/mol. The van der Waals surface area contributed by atoms with Gasteiger partial charge in [-0.05, 0) is 59.5 Å². The average molecular weight is 346 g/mol. The molecule has 1 N–H and O–H groups in total. The summed E-state index contributed by atoms with van der Waals surface area (Å²) in [5, 5.41) is 9.45. The average Bonchev–Trinajstić information content (AvgIpc) is 2.33. The number of ether oxygens (including phenoxy) is 1. The first-order valence-corrected chi connectivity index (χ1v) is 6.76. The molecule has 4 heteroatoms. The van der Waals surface area contributed by atoms with Crippen molar-refractivity contribution in [3.8, 4) is 0 Å². The van der Waals surface area contributed by atoms with Crippen molar-refractivity contribution in [3.63, 3.8) is 0 Å². The Hall–Kier alpha value is -0.620. The number of halogens is 1. The lowest BCUT2D eigenvalue weighted by atomic mass is 9.75. The molecule has 0 spiro atoms. The van der Waals surface area contributed by atoms with Crippen LogP contribution in [0.2, 0.25) is 0 Å². The molecule has 3 nitrogen and oxygen atoms in total. The third kappa shape index (κ3) is 2.98. The van der Waals surface area contributed by atoms with Crippen molar-refractivity contribution in [2.45, 2.75) is 19.3 Å². The molecule has 0 atom stereocenters. The predicted octanol–water partition coefficient (Wildman–Crippen LogP) is 2.72. The smallest absolute Gasteiger partial charge is 0.310 e. The summed E-state index contributed by atoms with van der Waals surface area (Å²) in [4.78, 5) is 11.5. The molecule has 1 heterocycles. The van der Waals surface area contributed by atoms with Crippen LogP contribution in [-0.2, 0) is 16.0 Å². The Kier molecular flexibility index (Phi) is 4.04. The first-order chi connectivity index (χ1) is 8.12. The van der Waals surface area contributed by atoms with Crippen LogP contribution < -0.4 is 0 Å². The Morgan fingerprint density at radius 3 is 2.41 bits per heavy atom. The Morgan fingerprint density at radius 1 is 1.29 bits per heavy atom. The van der Waals surface area contributed by atoms with Gasteiger partial charge in [-0.2, -0.15) is 0 Å². The Balaban J connectivity index is 2.17.